The molecular formula is C24H24ClN5O2. The zero-order valence-electron chi connectivity index (χ0n) is 17.5. The Hall–Kier alpha value is -3.16. The number of benzene rings is 2. The van der Waals surface area contributed by atoms with Gasteiger partial charge in [0, 0.05) is 30.0 Å². The second-order valence-corrected chi connectivity index (χ2v) is 8.71. The second kappa shape index (κ2) is 8.76. The lowest BCUT2D eigenvalue weighted by Gasteiger charge is -2.30. The van der Waals surface area contributed by atoms with Crippen molar-refractivity contribution < 1.29 is 9.90 Å². The predicted molar refractivity (Wildman–Crippen MR) is 125 cm³/mol. The van der Waals surface area contributed by atoms with Gasteiger partial charge in [-0.25, -0.2) is 4.98 Å². The van der Waals surface area contributed by atoms with E-state index in [4.69, 9.17) is 11.6 Å². The number of nitrogens with one attached hydrogen (secondary N) is 2. The fourth-order valence-electron chi connectivity index (χ4n) is 4.23. The molecule has 0 saturated carbocycles. The van der Waals surface area contributed by atoms with E-state index in [1.54, 1.807) is 11.1 Å². The molecule has 3 aromatic rings. The lowest BCUT2D eigenvalue weighted by Crippen LogP contribution is -2.42. The Morgan fingerprint density at radius 2 is 1.94 bits per heavy atom. The van der Waals surface area contributed by atoms with Gasteiger partial charge >= 0.3 is 0 Å². The summed E-state index contributed by atoms with van der Waals surface area (Å²) in [6.07, 6.45) is 4.23. The van der Waals surface area contributed by atoms with Crippen molar-refractivity contribution in [2.45, 2.75) is 31.8 Å². The molecule has 164 valence electrons. The summed E-state index contributed by atoms with van der Waals surface area (Å²) in [6.45, 7) is 1.02. The van der Waals surface area contributed by atoms with E-state index in [1.165, 1.54) is 5.56 Å². The molecule has 1 aromatic heterocycles. The minimum absolute atomic E-state index is 0.0731. The SMILES string of the molecule is O=C(c1cc2cc(c1)Nc1nc(ncc1Cl)Nc1cccc(c1)CC2)N1CCCC(O)C1. The van der Waals surface area contributed by atoms with Gasteiger partial charge in [-0.2, -0.15) is 4.98 Å². The van der Waals surface area contributed by atoms with Gasteiger partial charge in [0.15, 0.2) is 5.82 Å². The fraction of sp³-hybridized carbons (Fsp3) is 0.292. The molecule has 2 aromatic carbocycles. The van der Waals surface area contributed by atoms with Crippen molar-refractivity contribution in [3.05, 3.63) is 70.4 Å². The summed E-state index contributed by atoms with van der Waals surface area (Å²) in [4.78, 5) is 23.8. The summed E-state index contributed by atoms with van der Waals surface area (Å²) in [6, 6.07) is 13.9. The number of hydrogen-bond acceptors (Lipinski definition) is 6. The third kappa shape index (κ3) is 4.54. The Balaban J connectivity index is 1.55. The Labute approximate surface area is 191 Å². The van der Waals surface area contributed by atoms with Crippen molar-refractivity contribution in [2.24, 2.45) is 0 Å². The van der Waals surface area contributed by atoms with Crippen LogP contribution in [0, 0.1) is 0 Å². The maximum absolute atomic E-state index is 13.2. The summed E-state index contributed by atoms with van der Waals surface area (Å²) in [5, 5.41) is 16.9. The fourth-order valence-corrected chi connectivity index (χ4v) is 4.37. The topological polar surface area (TPSA) is 90.4 Å². The van der Waals surface area contributed by atoms with E-state index in [0.717, 1.165) is 42.6 Å². The Morgan fingerprint density at radius 1 is 1.09 bits per heavy atom. The highest BCUT2D eigenvalue weighted by atomic mass is 35.5. The number of aliphatic hydroxyl groups excluding tert-OH is 1. The molecular weight excluding hydrogens is 426 g/mol. The van der Waals surface area contributed by atoms with E-state index in [9.17, 15) is 9.90 Å². The van der Waals surface area contributed by atoms with Crippen molar-refractivity contribution in [1.82, 2.24) is 14.9 Å². The molecule has 0 radical (unpaired) electrons. The quantitative estimate of drug-likeness (QED) is 0.512. The summed E-state index contributed by atoms with van der Waals surface area (Å²) in [5.41, 5.74) is 4.45. The number of nitrogens with zero attached hydrogens (tertiary/aromatic N) is 3. The number of likely N-dealkylation sites (tertiary alicyclic amines) is 1. The second-order valence-electron chi connectivity index (χ2n) is 8.31. The van der Waals surface area contributed by atoms with E-state index in [-0.39, 0.29) is 5.91 Å². The van der Waals surface area contributed by atoms with Gasteiger partial charge in [-0.15, -0.1) is 0 Å². The van der Waals surface area contributed by atoms with Crippen molar-refractivity contribution in [2.75, 3.05) is 23.7 Å². The number of aryl methyl sites for hydroxylation is 2. The molecule has 3 heterocycles. The van der Waals surface area contributed by atoms with Gasteiger partial charge in [-0.05, 0) is 67.1 Å². The molecule has 2 aliphatic rings. The maximum Gasteiger partial charge on any atom is 0.254 e. The number of hydrogen-bond donors (Lipinski definition) is 3. The Bertz CT molecular complexity index is 1170. The van der Waals surface area contributed by atoms with Crippen LogP contribution in [0.3, 0.4) is 0 Å². The summed E-state index contributed by atoms with van der Waals surface area (Å²) in [7, 11) is 0. The van der Waals surface area contributed by atoms with Crippen molar-refractivity contribution >= 4 is 40.6 Å². The average Bonchev–Trinajstić information content (AvgIpc) is 2.79. The smallest absolute Gasteiger partial charge is 0.254 e. The number of aliphatic hydroxyl groups is 1. The highest BCUT2D eigenvalue weighted by Gasteiger charge is 2.24. The van der Waals surface area contributed by atoms with E-state index >= 15 is 0 Å². The van der Waals surface area contributed by atoms with Crippen LogP contribution in [-0.4, -0.2) is 45.1 Å². The van der Waals surface area contributed by atoms with Gasteiger partial charge in [-0.3, -0.25) is 4.79 Å². The van der Waals surface area contributed by atoms with Crippen molar-refractivity contribution in [3.63, 3.8) is 0 Å². The molecule has 1 saturated heterocycles. The van der Waals surface area contributed by atoms with Crippen LogP contribution in [0.5, 0.6) is 0 Å². The van der Waals surface area contributed by atoms with E-state index in [2.05, 4.69) is 32.7 Å². The van der Waals surface area contributed by atoms with Gasteiger partial charge in [0.05, 0.1) is 12.3 Å². The average molecular weight is 450 g/mol. The largest absolute Gasteiger partial charge is 0.391 e. The first-order chi connectivity index (χ1) is 15.5. The molecule has 1 atom stereocenters. The molecule has 1 unspecified atom stereocenters. The van der Waals surface area contributed by atoms with Gasteiger partial charge in [0.2, 0.25) is 5.95 Å². The molecule has 1 amide bonds. The van der Waals surface area contributed by atoms with Crippen LogP contribution in [0.4, 0.5) is 23.1 Å². The first kappa shape index (κ1) is 20.7. The molecule has 32 heavy (non-hydrogen) atoms. The molecule has 2 aliphatic heterocycles. The minimum atomic E-state index is -0.465. The van der Waals surface area contributed by atoms with Crippen molar-refractivity contribution in [3.8, 4) is 0 Å². The van der Waals surface area contributed by atoms with Crippen LogP contribution in [0.15, 0.2) is 48.7 Å². The standard InChI is InChI=1S/C24H24ClN5O2/c25-21-13-26-24-28-18-4-1-3-15(10-18)6-7-16-9-17(12-19(11-16)27-22(21)29-24)23(32)30-8-2-5-20(31)14-30/h1,3-4,9-13,20,31H,2,5-8,14H2,(H2,26,27,28,29). The molecule has 0 spiro atoms. The number of β-amino-alcohol motifs (C(OH)–C–C–N with tert-alkyl or cyclic N) is 1. The number of aromatic nitrogens is 2. The van der Waals surface area contributed by atoms with Gasteiger partial charge in [-0.1, -0.05) is 23.7 Å². The third-order valence-electron chi connectivity index (χ3n) is 5.82. The molecule has 1 fully saturated rings. The summed E-state index contributed by atoms with van der Waals surface area (Å²) in [5.74, 6) is 0.822. The Kier molecular flexibility index (Phi) is 5.68. The minimum Gasteiger partial charge on any atom is -0.391 e. The van der Waals surface area contributed by atoms with Crippen molar-refractivity contribution in [1.29, 1.82) is 0 Å². The highest BCUT2D eigenvalue weighted by molar-refractivity contribution is 6.32. The first-order valence-corrected chi connectivity index (χ1v) is 11.2. The predicted octanol–water partition coefficient (Wildman–Crippen LogP) is 4.31. The van der Waals surface area contributed by atoms with E-state index in [0.29, 0.717) is 35.4 Å². The van der Waals surface area contributed by atoms with Crippen LogP contribution < -0.4 is 10.6 Å². The number of rotatable bonds is 1. The molecule has 3 N–H and O–H groups in total. The highest BCUT2D eigenvalue weighted by Crippen LogP contribution is 2.28. The van der Waals surface area contributed by atoms with Crippen LogP contribution in [0.2, 0.25) is 5.02 Å². The molecule has 5 rings (SSSR count). The van der Waals surface area contributed by atoms with E-state index < -0.39 is 6.10 Å². The lowest BCUT2D eigenvalue weighted by molar-refractivity contribution is 0.0473. The third-order valence-corrected chi connectivity index (χ3v) is 6.09. The Morgan fingerprint density at radius 3 is 2.81 bits per heavy atom. The number of piperidine rings is 1. The van der Waals surface area contributed by atoms with Gasteiger partial charge in [0.1, 0.15) is 5.02 Å². The zero-order chi connectivity index (χ0) is 22.1. The van der Waals surface area contributed by atoms with Crippen LogP contribution in [-0.2, 0) is 12.8 Å². The van der Waals surface area contributed by atoms with Crippen LogP contribution in [0.1, 0.15) is 34.3 Å². The number of fused-ring (bicyclic) bond motifs is 6. The molecule has 0 aliphatic carbocycles. The summed E-state index contributed by atoms with van der Waals surface area (Å²) >= 11 is 6.35. The zero-order valence-corrected chi connectivity index (χ0v) is 18.3. The number of amides is 1. The van der Waals surface area contributed by atoms with Gasteiger partial charge in [0.25, 0.3) is 5.91 Å². The maximum atomic E-state index is 13.2. The molecule has 7 nitrogen and oxygen atoms in total. The molecule has 6 bridgehead atoms. The normalized spacial score (nSPS) is 17.8. The number of carbonyl (C=O) groups is 1. The number of anilines is 4. The van der Waals surface area contributed by atoms with Crippen LogP contribution >= 0.6 is 11.6 Å². The van der Waals surface area contributed by atoms with Crippen LogP contribution in [0.25, 0.3) is 0 Å². The van der Waals surface area contributed by atoms with E-state index in [1.807, 2.05) is 30.3 Å². The monoisotopic (exact) mass is 449 g/mol. The first-order valence-electron chi connectivity index (χ1n) is 10.8. The molecule has 8 heteroatoms. The lowest BCUT2D eigenvalue weighted by atomic mass is 10.00. The number of carbonyl (C=O) groups excluding carboxylic acids is 1. The number of halogens is 1. The summed E-state index contributed by atoms with van der Waals surface area (Å²) < 4.78 is 0. The van der Waals surface area contributed by atoms with Gasteiger partial charge < -0.3 is 20.6 Å².